The van der Waals surface area contributed by atoms with E-state index in [4.69, 9.17) is 15.2 Å². The van der Waals surface area contributed by atoms with E-state index in [1.54, 1.807) is 4.90 Å². The Kier molecular flexibility index (Phi) is 8.64. The Labute approximate surface area is 270 Å². The summed E-state index contributed by atoms with van der Waals surface area (Å²) in [6.45, 7) is 5.46. The molecule has 0 bridgehead atoms. The Balaban J connectivity index is 1.31. The van der Waals surface area contributed by atoms with Crippen molar-refractivity contribution >= 4 is 28.9 Å². The number of ether oxygens (including phenoxy) is 2. The monoisotopic (exact) mass is 621 g/mol. The van der Waals surface area contributed by atoms with Crippen LogP contribution in [0.2, 0.25) is 0 Å². The molecule has 8 heteroatoms. The molecule has 8 nitrogen and oxygen atoms in total. The van der Waals surface area contributed by atoms with Gasteiger partial charge in [0.2, 0.25) is 5.91 Å². The smallest absolute Gasteiger partial charge is 0.411 e. The molecule has 3 atom stereocenters. The van der Waals surface area contributed by atoms with Gasteiger partial charge in [-0.2, -0.15) is 0 Å². The van der Waals surface area contributed by atoms with E-state index in [-0.39, 0.29) is 17.8 Å². The first-order valence-corrected chi connectivity index (χ1v) is 16.2. The van der Waals surface area contributed by atoms with Crippen molar-refractivity contribution in [3.8, 4) is 11.1 Å². The van der Waals surface area contributed by atoms with Crippen LogP contribution in [0.15, 0.2) is 78.9 Å². The lowest BCUT2D eigenvalue weighted by Crippen LogP contribution is -2.56. The second-order valence-corrected chi connectivity index (χ2v) is 13.7. The summed E-state index contributed by atoms with van der Waals surface area (Å²) in [4.78, 5) is 45.3. The highest BCUT2D eigenvalue weighted by Crippen LogP contribution is 2.49. The van der Waals surface area contributed by atoms with Gasteiger partial charge in [-0.3, -0.25) is 14.5 Å². The number of hydrogen-bond donors (Lipinski definition) is 2. The average Bonchev–Trinajstić information content (AvgIpc) is 3.42. The normalized spacial score (nSPS) is 22.1. The number of H-pyrrole nitrogens is 1. The van der Waals surface area contributed by atoms with Crippen LogP contribution in [0.5, 0.6) is 0 Å². The molecule has 240 valence electrons. The molecular formula is C38H43N3O5. The van der Waals surface area contributed by atoms with E-state index in [1.165, 1.54) is 7.11 Å². The van der Waals surface area contributed by atoms with Crippen LogP contribution in [0.4, 0.5) is 4.79 Å². The van der Waals surface area contributed by atoms with Gasteiger partial charge in [0.15, 0.2) is 0 Å². The highest BCUT2D eigenvalue weighted by molar-refractivity contribution is 5.90. The number of methoxy groups -OCH3 is 1. The van der Waals surface area contributed by atoms with E-state index in [9.17, 15) is 14.4 Å². The van der Waals surface area contributed by atoms with E-state index >= 15 is 0 Å². The number of nitrogens with zero attached hydrogens (tertiary/aromatic N) is 1. The molecule has 2 heterocycles. The fraction of sp³-hybridized carbons (Fsp3) is 0.395. The average molecular weight is 622 g/mol. The highest BCUT2D eigenvalue weighted by Gasteiger charge is 2.48. The van der Waals surface area contributed by atoms with Crippen LogP contribution >= 0.6 is 0 Å². The zero-order valence-corrected chi connectivity index (χ0v) is 27.0. The van der Waals surface area contributed by atoms with Crippen molar-refractivity contribution in [1.82, 2.24) is 9.88 Å². The minimum absolute atomic E-state index is 0.0245. The van der Waals surface area contributed by atoms with Crippen LogP contribution in [0.25, 0.3) is 22.0 Å². The second kappa shape index (κ2) is 12.7. The number of amides is 2. The van der Waals surface area contributed by atoms with Crippen molar-refractivity contribution in [1.29, 1.82) is 0 Å². The molecule has 1 aliphatic carbocycles. The Hall–Kier alpha value is -4.59. The molecule has 2 amide bonds. The van der Waals surface area contributed by atoms with Gasteiger partial charge < -0.3 is 20.2 Å². The lowest BCUT2D eigenvalue weighted by Gasteiger charge is -2.46. The van der Waals surface area contributed by atoms with Crippen LogP contribution in [0.3, 0.4) is 0 Å². The number of aromatic amines is 1. The fourth-order valence-corrected chi connectivity index (χ4v) is 7.61. The van der Waals surface area contributed by atoms with Gasteiger partial charge in [-0.15, -0.1) is 0 Å². The molecule has 3 aromatic carbocycles. The molecule has 0 radical (unpaired) electrons. The summed E-state index contributed by atoms with van der Waals surface area (Å²) in [5.41, 5.74) is 11.3. The van der Waals surface area contributed by atoms with E-state index < -0.39 is 35.6 Å². The molecule has 1 aliphatic heterocycles. The maximum absolute atomic E-state index is 13.8. The lowest BCUT2D eigenvalue weighted by molar-refractivity contribution is -0.144. The number of hydrogen-bond acceptors (Lipinski definition) is 5. The number of nitrogens with one attached hydrogen (secondary N) is 1. The highest BCUT2D eigenvalue weighted by atomic mass is 16.6. The predicted molar refractivity (Wildman–Crippen MR) is 178 cm³/mol. The third-order valence-corrected chi connectivity index (χ3v) is 9.67. The molecule has 2 aliphatic rings. The molecule has 3 N–H and O–H groups in total. The summed E-state index contributed by atoms with van der Waals surface area (Å²) in [5, 5.41) is 1.04. The zero-order valence-electron chi connectivity index (χ0n) is 27.0. The first-order valence-electron chi connectivity index (χ1n) is 16.2. The second-order valence-electron chi connectivity index (χ2n) is 13.7. The van der Waals surface area contributed by atoms with Crippen LogP contribution < -0.4 is 5.73 Å². The lowest BCUT2D eigenvalue weighted by atomic mass is 9.70. The van der Waals surface area contributed by atoms with Crippen LogP contribution in [0, 0.1) is 11.8 Å². The van der Waals surface area contributed by atoms with Gasteiger partial charge in [-0.1, -0.05) is 72.8 Å². The first kappa shape index (κ1) is 31.4. The molecule has 0 spiro atoms. The molecule has 6 rings (SSSR count). The van der Waals surface area contributed by atoms with Crippen LogP contribution in [0.1, 0.15) is 75.2 Å². The standard InChI is InChI=1S/C38H43N3O5/c1-38(2,3)46-37(44)41-31(35(39)42)22-29-28-12-8-9-13-30(28)40-33(29)34(41)27-20-18-26(19-21-27)32(36(43)45-4)25-16-14-24(15-17-25)23-10-6-5-7-11-23/h5-17,26-27,31-32,34,40H,18-22H2,1-4H3,(H2,39,42)/t26?,27?,31?,32-,34+/m0/s1. The molecular weight excluding hydrogens is 578 g/mol. The number of para-hydroxylation sites is 1. The van der Waals surface area contributed by atoms with Crippen molar-refractivity contribution in [2.75, 3.05) is 7.11 Å². The summed E-state index contributed by atoms with van der Waals surface area (Å²) in [6, 6.07) is 25.1. The Bertz CT molecular complexity index is 1710. The minimum atomic E-state index is -0.838. The maximum atomic E-state index is 13.8. The van der Waals surface area contributed by atoms with Gasteiger partial charge in [0.05, 0.1) is 19.1 Å². The maximum Gasteiger partial charge on any atom is 0.411 e. The van der Waals surface area contributed by atoms with Crippen LogP contribution in [-0.4, -0.2) is 46.6 Å². The third kappa shape index (κ3) is 6.13. The van der Waals surface area contributed by atoms with E-state index in [0.717, 1.165) is 64.5 Å². The molecule has 1 unspecified atom stereocenters. The van der Waals surface area contributed by atoms with Gasteiger partial charge in [-0.05, 0) is 86.6 Å². The number of nitrogens with two attached hydrogens (primary N) is 1. The summed E-state index contributed by atoms with van der Waals surface area (Å²) in [7, 11) is 1.45. The summed E-state index contributed by atoms with van der Waals surface area (Å²) < 4.78 is 11.2. The third-order valence-electron chi connectivity index (χ3n) is 9.67. The Morgan fingerprint density at radius 3 is 2.13 bits per heavy atom. The van der Waals surface area contributed by atoms with Crippen molar-refractivity contribution in [2.45, 2.75) is 76.5 Å². The number of esters is 1. The molecule has 1 fully saturated rings. The summed E-state index contributed by atoms with van der Waals surface area (Å²) in [5.74, 6) is -1.10. The summed E-state index contributed by atoms with van der Waals surface area (Å²) >= 11 is 0. The van der Waals surface area contributed by atoms with Crippen molar-refractivity contribution in [3.63, 3.8) is 0 Å². The molecule has 1 aromatic heterocycles. The number of carbonyl (C=O) groups is 3. The van der Waals surface area contributed by atoms with E-state index in [2.05, 4.69) is 29.2 Å². The van der Waals surface area contributed by atoms with Gasteiger partial charge in [0, 0.05) is 23.0 Å². The SMILES string of the molecule is COC(=O)[C@@H](c1ccc(-c2ccccc2)cc1)C1CCC([C@@H]2c3[nH]c4ccccc4c3CC(C(N)=O)N2C(=O)OC(C)(C)C)CC1. The fourth-order valence-electron chi connectivity index (χ4n) is 7.61. The van der Waals surface area contributed by atoms with Crippen molar-refractivity contribution in [2.24, 2.45) is 17.6 Å². The van der Waals surface area contributed by atoms with E-state index in [1.807, 2.05) is 75.4 Å². The molecule has 46 heavy (non-hydrogen) atoms. The number of rotatable bonds is 6. The Morgan fingerprint density at radius 1 is 0.870 bits per heavy atom. The quantitative estimate of drug-likeness (QED) is 0.220. The van der Waals surface area contributed by atoms with Crippen molar-refractivity contribution < 1.29 is 23.9 Å². The number of aromatic nitrogens is 1. The van der Waals surface area contributed by atoms with Crippen molar-refractivity contribution in [3.05, 3.63) is 95.7 Å². The topological polar surface area (TPSA) is 115 Å². The van der Waals surface area contributed by atoms with Gasteiger partial charge in [0.25, 0.3) is 0 Å². The zero-order chi connectivity index (χ0) is 32.6. The first-order chi connectivity index (χ1) is 22.1. The number of primary amides is 1. The van der Waals surface area contributed by atoms with Gasteiger partial charge >= 0.3 is 12.1 Å². The van der Waals surface area contributed by atoms with Gasteiger partial charge in [-0.25, -0.2) is 4.79 Å². The molecule has 0 saturated heterocycles. The predicted octanol–water partition coefficient (Wildman–Crippen LogP) is 7.29. The van der Waals surface area contributed by atoms with Gasteiger partial charge in [0.1, 0.15) is 11.6 Å². The number of fused-ring (bicyclic) bond motifs is 3. The number of carbonyl (C=O) groups excluding carboxylic acids is 3. The molecule has 1 saturated carbocycles. The van der Waals surface area contributed by atoms with E-state index in [0.29, 0.717) is 6.42 Å². The number of benzene rings is 3. The molecule has 4 aromatic rings. The summed E-state index contributed by atoms with van der Waals surface area (Å²) in [6.07, 6.45) is 2.82. The minimum Gasteiger partial charge on any atom is -0.469 e. The largest absolute Gasteiger partial charge is 0.469 e. The van der Waals surface area contributed by atoms with Crippen LogP contribution in [-0.2, 0) is 25.5 Å². The Morgan fingerprint density at radius 2 is 1.50 bits per heavy atom.